The van der Waals surface area contributed by atoms with E-state index in [1.165, 1.54) is 6.92 Å². The summed E-state index contributed by atoms with van der Waals surface area (Å²) in [5, 5.41) is 6.73. The molecule has 10 nitrogen and oxygen atoms in total. The van der Waals surface area contributed by atoms with Crippen molar-refractivity contribution in [3.8, 4) is 0 Å². The van der Waals surface area contributed by atoms with E-state index in [4.69, 9.17) is 10.5 Å². The number of anilines is 3. The van der Waals surface area contributed by atoms with Gasteiger partial charge in [0.05, 0.1) is 0 Å². The van der Waals surface area contributed by atoms with E-state index in [1.54, 1.807) is 0 Å². The lowest BCUT2D eigenvalue weighted by molar-refractivity contribution is -0.149. The van der Waals surface area contributed by atoms with Crippen LogP contribution in [0.5, 0.6) is 0 Å². The highest BCUT2D eigenvalue weighted by atomic mass is 16.5. The fourth-order valence-electron chi connectivity index (χ4n) is 3.59. The monoisotopic (exact) mass is 459 g/mol. The van der Waals surface area contributed by atoms with E-state index in [2.05, 4.69) is 30.6 Å². The first-order chi connectivity index (χ1) is 16.4. The molecule has 34 heavy (non-hydrogen) atoms. The van der Waals surface area contributed by atoms with Crippen molar-refractivity contribution in [3.05, 3.63) is 71.7 Å². The van der Waals surface area contributed by atoms with Gasteiger partial charge in [-0.3, -0.25) is 4.79 Å². The van der Waals surface area contributed by atoms with Crippen LogP contribution in [0, 0.1) is 6.92 Å². The van der Waals surface area contributed by atoms with Gasteiger partial charge in [0.2, 0.25) is 17.8 Å². The van der Waals surface area contributed by atoms with Gasteiger partial charge in [0.25, 0.3) is 0 Å². The summed E-state index contributed by atoms with van der Waals surface area (Å²) in [6.45, 7) is 3.08. The second-order valence-electron chi connectivity index (χ2n) is 7.80. The zero-order chi connectivity index (χ0) is 24.1. The molecular weight excluding hydrogens is 434 g/mol. The number of aryl methyl sites for hydroxylation is 1. The van der Waals surface area contributed by atoms with Crippen LogP contribution in [-0.2, 0) is 27.4 Å². The molecule has 2 aromatic carbocycles. The molecule has 10 heteroatoms. The highest BCUT2D eigenvalue weighted by Crippen LogP contribution is 2.20. The van der Waals surface area contributed by atoms with Crippen LogP contribution in [0.3, 0.4) is 0 Å². The van der Waals surface area contributed by atoms with Gasteiger partial charge in [-0.1, -0.05) is 36.4 Å². The molecule has 0 aliphatic rings. The van der Waals surface area contributed by atoms with E-state index >= 15 is 0 Å². The van der Waals surface area contributed by atoms with Gasteiger partial charge in [-0.2, -0.15) is 15.0 Å². The minimum Gasteiger partial charge on any atom is -0.456 e. The average molecular weight is 460 g/mol. The molecule has 5 N–H and O–H groups in total. The molecule has 174 valence electrons. The number of nitrogens with zero attached hydrogens (tertiary/aromatic N) is 3. The third-order valence-corrected chi connectivity index (χ3v) is 5.20. The number of amides is 1. The number of rotatable bonds is 8. The third kappa shape index (κ3) is 5.47. The van der Waals surface area contributed by atoms with E-state index in [1.807, 2.05) is 61.7 Å². The zero-order valence-electron chi connectivity index (χ0n) is 18.8. The van der Waals surface area contributed by atoms with Crippen molar-refractivity contribution < 1.29 is 14.3 Å². The number of nitrogens with two attached hydrogens (primary N) is 1. The molecule has 1 atom stereocenters. The summed E-state index contributed by atoms with van der Waals surface area (Å²) in [4.78, 5) is 40.2. The van der Waals surface area contributed by atoms with Crippen LogP contribution in [0.2, 0.25) is 0 Å². The van der Waals surface area contributed by atoms with E-state index in [9.17, 15) is 9.59 Å². The molecule has 2 heterocycles. The Morgan fingerprint density at radius 3 is 2.65 bits per heavy atom. The fourth-order valence-corrected chi connectivity index (χ4v) is 3.59. The number of fused-ring (bicyclic) bond motifs is 1. The minimum absolute atomic E-state index is 0.00524. The maximum atomic E-state index is 12.9. The molecule has 0 spiro atoms. The number of carbonyl (C=O) groups is 2. The molecule has 4 aromatic rings. The van der Waals surface area contributed by atoms with Gasteiger partial charge in [-0.25, -0.2) is 4.79 Å². The molecule has 0 fully saturated rings. The molecule has 0 bridgehead atoms. The highest BCUT2D eigenvalue weighted by molar-refractivity contribution is 5.86. The Kier molecular flexibility index (Phi) is 6.67. The second kappa shape index (κ2) is 9.99. The normalized spacial score (nSPS) is 11.7. The predicted octanol–water partition coefficient (Wildman–Crippen LogP) is 2.78. The number of H-pyrrole nitrogens is 1. The van der Waals surface area contributed by atoms with Crippen LogP contribution in [0.25, 0.3) is 10.9 Å². The predicted molar refractivity (Wildman–Crippen MR) is 128 cm³/mol. The quantitative estimate of drug-likeness (QED) is 0.294. The van der Waals surface area contributed by atoms with Gasteiger partial charge in [-0.15, -0.1) is 0 Å². The summed E-state index contributed by atoms with van der Waals surface area (Å²) in [6, 6.07) is 14.5. The lowest BCUT2D eigenvalue weighted by atomic mass is 10.0. The number of esters is 1. The van der Waals surface area contributed by atoms with Crippen molar-refractivity contribution in [2.75, 3.05) is 11.1 Å². The van der Waals surface area contributed by atoms with Crippen molar-refractivity contribution in [2.24, 2.45) is 0 Å². The largest absolute Gasteiger partial charge is 0.456 e. The van der Waals surface area contributed by atoms with Gasteiger partial charge >= 0.3 is 5.97 Å². The van der Waals surface area contributed by atoms with Crippen LogP contribution >= 0.6 is 0 Å². The van der Waals surface area contributed by atoms with Gasteiger partial charge in [0.1, 0.15) is 6.04 Å². The average Bonchev–Trinajstić information content (AvgIpc) is 3.21. The Hall–Kier alpha value is -4.47. The number of nitrogens with one attached hydrogen (secondary N) is 3. The number of carbonyl (C=O) groups excluding carboxylic acids is 2. The molecule has 0 aliphatic carbocycles. The summed E-state index contributed by atoms with van der Waals surface area (Å²) in [7, 11) is 0. The van der Waals surface area contributed by atoms with Gasteiger partial charge < -0.3 is 26.1 Å². The number of hydrogen-bond acceptors (Lipinski definition) is 8. The molecule has 0 aliphatic heterocycles. The number of nitrogen functional groups attached to an aromatic ring is 1. The van der Waals surface area contributed by atoms with Crippen molar-refractivity contribution in [2.45, 2.75) is 32.9 Å². The summed E-state index contributed by atoms with van der Waals surface area (Å²) < 4.78 is 5.44. The van der Waals surface area contributed by atoms with Crippen LogP contribution in [0.1, 0.15) is 23.9 Å². The molecule has 1 amide bonds. The molecule has 0 saturated heterocycles. The Morgan fingerprint density at radius 1 is 1.09 bits per heavy atom. The van der Waals surface area contributed by atoms with Crippen LogP contribution < -0.4 is 16.4 Å². The standard InChI is InChI=1S/C24H25N7O3/c1-14-7-3-5-9-18(14)28-24-30-21(29-23(25)31-24)13-34-22(33)20(27-15(2)32)11-16-12-26-19-10-6-4-8-17(16)19/h3-10,12,20,26H,11,13H2,1-2H3,(H,27,32)(H3,25,28,29,30,31). The lowest BCUT2D eigenvalue weighted by Gasteiger charge is -2.16. The van der Waals surface area contributed by atoms with Crippen molar-refractivity contribution in [1.82, 2.24) is 25.3 Å². The SMILES string of the molecule is CC(=O)NC(Cc1c[nH]c2ccccc12)C(=O)OCc1nc(N)nc(Nc2ccccc2C)n1. The summed E-state index contributed by atoms with van der Waals surface area (Å²) >= 11 is 0. The van der Waals surface area contributed by atoms with Crippen molar-refractivity contribution >= 4 is 40.4 Å². The van der Waals surface area contributed by atoms with Gasteiger partial charge in [-0.05, 0) is 30.2 Å². The summed E-state index contributed by atoms with van der Waals surface area (Å²) in [5.74, 6) is -0.520. The first-order valence-corrected chi connectivity index (χ1v) is 10.7. The first-order valence-electron chi connectivity index (χ1n) is 10.7. The Morgan fingerprint density at radius 2 is 1.85 bits per heavy atom. The number of aromatic nitrogens is 4. The third-order valence-electron chi connectivity index (χ3n) is 5.20. The Balaban J connectivity index is 1.46. The number of ether oxygens (including phenoxy) is 1. The van der Waals surface area contributed by atoms with Crippen molar-refractivity contribution in [1.29, 1.82) is 0 Å². The number of para-hydroxylation sites is 2. The first kappa shape index (κ1) is 22.7. The van der Waals surface area contributed by atoms with E-state index < -0.39 is 12.0 Å². The van der Waals surface area contributed by atoms with Crippen LogP contribution in [0.15, 0.2) is 54.7 Å². The molecule has 0 radical (unpaired) electrons. The Bertz CT molecular complexity index is 1340. The molecule has 2 aromatic heterocycles. The van der Waals surface area contributed by atoms with E-state index in [0.29, 0.717) is 0 Å². The van der Waals surface area contributed by atoms with E-state index in [-0.39, 0.29) is 36.7 Å². The summed E-state index contributed by atoms with van der Waals surface area (Å²) in [5.41, 5.74) is 9.48. The number of benzene rings is 2. The van der Waals surface area contributed by atoms with Gasteiger partial charge in [0, 0.05) is 36.1 Å². The second-order valence-corrected chi connectivity index (χ2v) is 7.80. The van der Waals surface area contributed by atoms with Crippen LogP contribution in [0.4, 0.5) is 17.6 Å². The topological polar surface area (TPSA) is 148 Å². The maximum absolute atomic E-state index is 12.9. The number of aromatic amines is 1. The van der Waals surface area contributed by atoms with Crippen molar-refractivity contribution in [3.63, 3.8) is 0 Å². The zero-order valence-corrected chi connectivity index (χ0v) is 18.8. The highest BCUT2D eigenvalue weighted by Gasteiger charge is 2.23. The molecule has 4 rings (SSSR count). The number of hydrogen-bond donors (Lipinski definition) is 4. The molecule has 0 saturated carbocycles. The molecular formula is C24H25N7O3. The smallest absolute Gasteiger partial charge is 0.329 e. The summed E-state index contributed by atoms with van der Waals surface area (Å²) in [6.07, 6.45) is 2.09. The molecule has 1 unspecified atom stereocenters. The van der Waals surface area contributed by atoms with Crippen LogP contribution in [-0.4, -0.2) is 37.9 Å². The maximum Gasteiger partial charge on any atom is 0.329 e. The fraction of sp³-hybridized carbons (Fsp3) is 0.208. The lowest BCUT2D eigenvalue weighted by Crippen LogP contribution is -2.42. The minimum atomic E-state index is -0.875. The Labute approximate surface area is 196 Å². The van der Waals surface area contributed by atoms with Gasteiger partial charge in [0.15, 0.2) is 12.4 Å². The van der Waals surface area contributed by atoms with E-state index in [0.717, 1.165) is 27.7 Å².